The number of rotatable bonds is 8. The van der Waals surface area contributed by atoms with Gasteiger partial charge < -0.3 is 15.2 Å². The molecule has 1 aromatic heterocycles. The Bertz CT molecular complexity index is 352. The Morgan fingerprint density at radius 2 is 2.11 bits per heavy atom. The van der Waals surface area contributed by atoms with E-state index < -0.39 is 0 Å². The standard InChI is InChI=1S/C13H25N3O2/c1-5-8-16-13(12(18-4)9-15-16)11(14)7-6-10(2)17-3/h9-11H,5-8,14H2,1-4H3. The first-order chi connectivity index (χ1) is 8.63. The summed E-state index contributed by atoms with van der Waals surface area (Å²) in [5, 5.41) is 4.33. The zero-order chi connectivity index (χ0) is 13.5. The number of hydrogen-bond acceptors (Lipinski definition) is 4. The molecule has 2 unspecified atom stereocenters. The van der Waals surface area contributed by atoms with Crippen molar-refractivity contribution in [2.45, 2.75) is 51.8 Å². The molecule has 104 valence electrons. The van der Waals surface area contributed by atoms with Crippen LogP contribution < -0.4 is 10.5 Å². The highest BCUT2D eigenvalue weighted by Crippen LogP contribution is 2.27. The van der Waals surface area contributed by atoms with E-state index in [1.54, 1.807) is 20.4 Å². The summed E-state index contributed by atoms with van der Waals surface area (Å²) in [5.41, 5.74) is 7.24. The van der Waals surface area contributed by atoms with Crippen LogP contribution in [0.25, 0.3) is 0 Å². The van der Waals surface area contributed by atoms with Crippen molar-refractivity contribution < 1.29 is 9.47 Å². The summed E-state index contributed by atoms with van der Waals surface area (Å²) in [7, 11) is 3.37. The minimum Gasteiger partial charge on any atom is -0.493 e. The lowest BCUT2D eigenvalue weighted by molar-refractivity contribution is 0.107. The van der Waals surface area contributed by atoms with Gasteiger partial charge in [0.1, 0.15) is 0 Å². The van der Waals surface area contributed by atoms with Gasteiger partial charge in [-0.05, 0) is 26.2 Å². The molecule has 2 atom stereocenters. The van der Waals surface area contributed by atoms with Gasteiger partial charge in [-0.15, -0.1) is 0 Å². The van der Waals surface area contributed by atoms with Gasteiger partial charge in [-0.1, -0.05) is 6.92 Å². The maximum Gasteiger partial charge on any atom is 0.161 e. The van der Waals surface area contributed by atoms with Gasteiger partial charge in [0.25, 0.3) is 0 Å². The Labute approximate surface area is 109 Å². The van der Waals surface area contributed by atoms with Crippen LogP contribution in [0.1, 0.15) is 44.8 Å². The van der Waals surface area contributed by atoms with Crippen LogP contribution >= 0.6 is 0 Å². The average molecular weight is 255 g/mol. The number of aromatic nitrogens is 2. The smallest absolute Gasteiger partial charge is 0.161 e. The number of methoxy groups -OCH3 is 2. The van der Waals surface area contributed by atoms with Crippen molar-refractivity contribution in [2.75, 3.05) is 14.2 Å². The molecule has 0 spiro atoms. The Morgan fingerprint density at radius 3 is 2.67 bits per heavy atom. The lowest BCUT2D eigenvalue weighted by Crippen LogP contribution is -2.19. The summed E-state index contributed by atoms with van der Waals surface area (Å²) in [6, 6.07) is -0.0633. The minimum absolute atomic E-state index is 0.0633. The maximum absolute atomic E-state index is 6.25. The highest BCUT2D eigenvalue weighted by Gasteiger charge is 2.19. The second-order valence-electron chi connectivity index (χ2n) is 4.55. The quantitative estimate of drug-likeness (QED) is 0.773. The Balaban J connectivity index is 2.75. The molecule has 0 bridgehead atoms. The molecule has 2 N–H and O–H groups in total. The Hall–Kier alpha value is -1.07. The van der Waals surface area contributed by atoms with Crippen LogP contribution in [0.5, 0.6) is 5.75 Å². The summed E-state index contributed by atoms with van der Waals surface area (Å²) in [6.45, 7) is 5.04. The summed E-state index contributed by atoms with van der Waals surface area (Å²) < 4.78 is 12.5. The highest BCUT2D eigenvalue weighted by molar-refractivity contribution is 5.28. The average Bonchev–Trinajstić information content (AvgIpc) is 2.78. The first-order valence-corrected chi connectivity index (χ1v) is 6.52. The molecule has 0 aliphatic carbocycles. The molecule has 0 fully saturated rings. The number of nitrogens with two attached hydrogens (primary N) is 1. The van der Waals surface area contributed by atoms with E-state index in [1.165, 1.54) is 0 Å². The molecule has 0 radical (unpaired) electrons. The van der Waals surface area contributed by atoms with E-state index in [0.717, 1.165) is 37.3 Å². The van der Waals surface area contributed by atoms with Gasteiger partial charge in [0.05, 0.1) is 31.1 Å². The zero-order valence-electron chi connectivity index (χ0n) is 11.8. The summed E-state index contributed by atoms with van der Waals surface area (Å²) in [6.07, 6.45) is 4.78. The van der Waals surface area contributed by atoms with Crippen molar-refractivity contribution in [2.24, 2.45) is 5.73 Å². The first kappa shape index (κ1) is 15.0. The molecule has 0 aromatic carbocycles. The summed E-state index contributed by atoms with van der Waals surface area (Å²) >= 11 is 0. The van der Waals surface area contributed by atoms with Crippen molar-refractivity contribution in [3.05, 3.63) is 11.9 Å². The van der Waals surface area contributed by atoms with E-state index >= 15 is 0 Å². The number of nitrogens with zero attached hydrogens (tertiary/aromatic N) is 2. The fourth-order valence-corrected chi connectivity index (χ4v) is 1.97. The molecule has 0 amide bonds. The SMILES string of the molecule is CCCn1ncc(OC)c1C(N)CCC(C)OC. The third-order valence-corrected chi connectivity index (χ3v) is 3.14. The third-order valence-electron chi connectivity index (χ3n) is 3.14. The van der Waals surface area contributed by atoms with Crippen LogP contribution in [-0.2, 0) is 11.3 Å². The largest absolute Gasteiger partial charge is 0.493 e. The van der Waals surface area contributed by atoms with E-state index in [1.807, 2.05) is 11.6 Å². The topological polar surface area (TPSA) is 62.3 Å². The van der Waals surface area contributed by atoms with Crippen molar-refractivity contribution in [1.29, 1.82) is 0 Å². The molecular weight excluding hydrogens is 230 g/mol. The van der Waals surface area contributed by atoms with Gasteiger partial charge in [0.2, 0.25) is 0 Å². The number of aryl methyl sites for hydroxylation is 1. The van der Waals surface area contributed by atoms with E-state index in [2.05, 4.69) is 12.0 Å². The van der Waals surface area contributed by atoms with Crippen LogP contribution in [-0.4, -0.2) is 30.1 Å². The van der Waals surface area contributed by atoms with Crippen molar-refractivity contribution >= 4 is 0 Å². The van der Waals surface area contributed by atoms with Crippen molar-refractivity contribution in [3.8, 4) is 5.75 Å². The van der Waals surface area contributed by atoms with Gasteiger partial charge in [-0.3, -0.25) is 4.68 Å². The van der Waals surface area contributed by atoms with Gasteiger partial charge in [-0.2, -0.15) is 5.10 Å². The van der Waals surface area contributed by atoms with E-state index in [0.29, 0.717) is 0 Å². The number of ether oxygens (including phenoxy) is 2. The predicted octanol–water partition coefficient (Wildman–Crippen LogP) is 2.12. The molecule has 1 aromatic rings. The Morgan fingerprint density at radius 1 is 1.39 bits per heavy atom. The fourth-order valence-electron chi connectivity index (χ4n) is 1.97. The molecule has 18 heavy (non-hydrogen) atoms. The minimum atomic E-state index is -0.0633. The van der Waals surface area contributed by atoms with E-state index in [9.17, 15) is 0 Å². The molecule has 0 saturated heterocycles. The van der Waals surface area contributed by atoms with Gasteiger partial charge >= 0.3 is 0 Å². The van der Waals surface area contributed by atoms with Crippen LogP contribution in [0.4, 0.5) is 0 Å². The predicted molar refractivity (Wildman–Crippen MR) is 71.7 cm³/mol. The lowest BCUT2D eigenvalue weighted by atomic mass is 10.1. The van der Waals surface area contributed by atoms with Crippen molar-refractivity contribution in [3.63, 3.8) is 0 Å². The number of hydrogen-bond donors (Lipinski definition) is 1. The first-order valence-electron chi connectivity index (χ1n) is 6.52. The molecule has 0 aliphatic rings. The third kappa shape index (κ3) is 3.71. The molecule has 1 heterocycles. The second-order valence-corrected chi connectivity index (χ2v) is 4.55. The lowest BCUT2D eigenvalue weighted by Gasteiger charge is -2.17. The van der Waals surface area contributed by atoms with Gasteiger partial charge in [0.15, 0.2) is 5.75 Å². The monoisotopic (exact) mass is 255 g/mol. The van der Waals surface area contributed by atoms with Crippen LogP contribution in [0, 0.1) is 0 Å². The van der Waals surface area contributed by atoms with E-state index in [-0.39, 0.29) is 12.1 Å². The molecule has 0 saturated carbocycles. The molecule has 5 heteroatoms. The highest BCUT2D eigenvalue weighted by atomic mass is 16.5. The van der Waals surface area contributed by atoms with E-state index in [4.69, 9.17) is 15.2 Å². The summed E-state index contributed by atoms with van der Waals surface area (Å²) in [4.78, 5) is 0. The van der Waals surface area contributed by atoms with Crippen molar-refractivity contribution in [1.82, 2.24) is 9.78 Å². The zero-order valence-corrected chi connectivity index (χ0v) is 11.8. The normalized spacial score (nSPS) is 14.5. The van der Waals surface area contributed by atoms with Crippen LogP contribution in [0.2, 0.25) is 0 Å². The Kier molecular flexibility index (Phi) is 6.15. The maximum atomic E-state index is 6.25. The molecule has 5 nitrogen and oxygen atoms in total. The molecule has 0 aliphatic heterocycles. The van der Waals surface area contributed by atoms with Gasteiger partial charge in [0, 0.05) is 13.7 Å². The second kappa shape index (κ2) is 7.38. The fraction of sp³-hybridized carbons (Fsp3) is 0.769. The van der Waals surface area contributed by atoms with Crippen LogP contribution in [0.15, 0.2) is 6.20 Å². The summed E-state index contributed by atoms with van der Waals surface area (Å²) in [5.74, 6) is 0.779. The molecule has 1 rings (SSSR count). The molecular formula is C13H25N3O2. The van der Waals surface area contributed by atoms with Crippen LogP contribution in [0.3, 0.4) is 0 Å². The van der Waals surface area contributed by atoms with Gasteiger partial charge in [-0.25, -0.2) is 0 Å².